The van der Waals surface area contributed by atoms with Crippen LogP contribution in [0.15, 0.2) is 231 Å². The Hall–Kier alpha value is -7.94. The van der Waals surface area contributed by atoms with Gasteiger partial charge in [-0.25, -0.2) is 0 Å². The summed E-state index contributed by atoms with van der Waals surface area (Å²) < 4.78 is 0. The van der Waals surface area contributed by atoms with Crippen LogP contribution < -0.4 is 9.80 Å². The van der Waals surface area contributed by atoms with Crippen LogP contribution in [0, 0.1) is 0 Å². The number of hydrogen-bond acceptors (Lipinski definition) is 2. The van der Waals surface area contributed by atoms with Gasteiger partial charge in [-0.15, -0.1) is 0 Å². The standard InChI is InChI=1S/C62H44N2/c1-61(2)57-38-44(32-35-51(57)52-36-34-46(39-58(52)61)64(43-22-7-4-8-23-43)60-31-17-19-41-18-9-10-24-47(41)60)63(42-20-5-3-6-21-42)45-33-37-53-50-27-13-16-30-56(50)62(59(53)40-45)54-28-14-11-25-48(54)49-26-12-15-29-55(49)62/h3-40H,1-2H3. The normalized spacial score (nSPS) is 14.0. The Balaban J connectivity index is 0.963. The summed E-state index contributed by atoms with van der Waals surface area (Å²) >= 11 is 0. The van der Waals surface area contributed by atoms with Crippen molar-refractivity contribution in [3.63, 3.8) is 0 Å². The lowest BCUT2D eigenvalue weighted by molar-refractivity contribution is 0.660. The summed E-state index contributed by atoms with van der Waals surface area (Å²) in [5.41, 5.74) is 22.1. The molecule has 2 nitrogen and oxygen atoms in total. The largest absolute Gasteiger partial charge is 0.310 e. The second kappa shape index (κ2) is 13.8. The molecule has 0 unspecified atom stereocenters. The van der Waals surface area contributed by atoms with Crippen LogP contribution in [-0.4, -0.2) is 0 Å². The molecule has 0 aliphatic heterocycles. The molecule has 2 heteroatoms. The molecular formula is C62H44N2. The van der Waals surface area contributed by atoms with E-state index < -0.39 is 5.41 Å². The minimum absolute atomic E-state index is 0.263. The number of fused-ring (bicyclic) bond motifs is 14. The van der Waals surface area contributed by atoms with Crippen molar-refractivity contribution in [1.82, 2.24) is 0 Å². The van der Waals surface area contributed by atoms with Crippen molar-refractivity contribution in [2.75, 3.05) is 9.80 Å². The summed E-state index contributed by atoms with van der Waals surface area (Å²) in [4.78, 5) is 4.89. The molecule has 64 heavy (non-hydrogen) atoms. The average molecular weight is 817 g/mol. The van der Waals surface area contributed by atoms with Gasteiger partial charge in [0.05, 0.1) is 11.1 Å². The van der Waals surface area contributed by atoms with Crippen LogP contribution in [0.2, 0.25) is 0 Å². The first-order valence-electron chi connectivity index (χ1n) is 22.4. The van der Waals surface area contributed by atoms with Crippen molar-refractivity contribution in [3.05, 3.63) is 264 Å². The Morgan fingerprint density at radius 2 is 0.672 bits per heavy atom. The van der Waals surface area contributed by atoms with E-state index in [1.807, 2.05) is 0 Å². The van der Waals surface area contributed by atoms with Crippen LogP contribution >= 0.6 is 0 Å². The van der Waals surface area contributed by atoms with Crippen molar-refractivity contribution in [1.29, 1.82) is 0 Å². The first-order chi connectivity index (χ1) is 31.5. The highest BCUT2D eigenvalue weighted by Gasteiger charge is 2.51. The molecule has 3 aliphatic rings. The SMILES string of the molecule is CC1(C)c2cc(N(c3ccccc3)c3ccc4c(c3)C3(c5ccccc5-c5ccccc53)c3ccccc3-4)ccc2-c2ccc(N(c3ccccc3)c3cccc4ccccc34)cc21. The van der Waals surface area contributed by atoms with E-state index in [2.05, 4.69) is 254 Å². The first kappa shape index (κ1) is 36.7. The summed E-state index contributed by atoms with van der Waals surface area (Å²) in [7, 11) is 0. The average Bonchev–Trinajstić information content (AvgIpc) is 3.90. The number of nitrogens with zero attached hydrogens (tertiary/aromatic N) is 2. The van der Waals surface area contributed by atoms with Crippen LogP contribution in [0.5, 0.6) is 0 Å². The Bertz CT molecular complexity index is 3420. The molecule has 0 saturated heterocycles. The van der Waals surface area contributed by atoms with Crippen molar-refractivity contribution < 1.29 is 0 Å². The van der Waals surface area contributed by atoms with Gasteiger partial charge in [0, 0.05) is 39.2 Å². The highest BCUT2D eigenvalue weighted by molar-refractivity contribution is 6.00. The molecule has 0 atom stereocenters. The van der Waals surface area contributed by atoms with Gasteiger partial charge in [-0.3, -0.25) is 0 Å². The van der Waals surface area contributed by atoms with Crippen molar-refractivity contribution in [2.45, 2.75) is 24.7 Å². The zero-order valence-corrected chi connectivity index (χ0v) is 35.8. The van der Waals surface area contributed by atoms with Crippen LogP contribution in [0.3, 0.4) is 0 Å². The van der Waals surface area contributed by atoms with E-state index in [4.69, 9.17) is 0 Å². The highest BCUT2D eigenvalue weighted by Crippen LogP contribution is 2.63. The topological polar surface area (TPSA) is 6.48 Å². The predicted octanol–water partition coefficient (Wildman–Crippen LogP) is 16.4. The van der Waals surface area contributed by atoms with E-state index in [1.165, 1.54) is 83.2 Å². The predicted molar refractivity (Wildman–Crippen MR) is 267 cm³/mol. The molecule has 1 spiro atoms. The third-order valence-corrected chi connectivity index (χ3v) is 14.4. The maximum absolute atomic E-state index is 2.49. The quantitative estimate of drug-likeness (QED) is 0.165. The van der Waals surface area contributed by atoms with E-state index in [9.17, 15) is 0 Å². The molecule has 302 valence electrons. The fourth-order valence-electron chi connectivity index (χ4n) is 11.6. The van der Waals surface area contributed by atoms with E-state index in [1.54, 1.807) is 0 Å². The number of hydrogen-bond donors (Lipinski definition) is 0. The Morgan fingerprint density at radius 1 is 0.281 bits per heavy atom. The molecule has 13 rings (SSSR count). The summed E-state index contributed by atoms with van der Waals surface area (Å²) in [5, 5.41) is 2.46. The Labute approximate surface area is 375 Å². The van der Waals surface area contributed by atoms with Gasteiger partial charge in [0.2, 0.25) is 0 Å². The summed E-state index contributed by atoms with van der Waals surface area (Å²) in [5.74, 6) is 0. The molecule has 0 saturated carbocycles. The van der Waals surface area contributed by atoms with E-state index in [0.29, 0.717) is 0 Å². The lowest BCUT2D eigenvalue weighted by atomic mass is 9.70. The minimum Gasteiger partial charge on any atom is -0.310 e. The van der Waals surface area contributed by atoms with E-state index >= 15 is 0 Å². The van der Waals surface area contributed by atoms with Crippen LogP contribution in [0.25, 0.3) is 44.2 Å². The molecule has 10 aromatic rings. The zero-order chi connectivity index (χ0) is 42.6. The van der Waals surface area contributed by atoms with Gasteiger partial charge in [-0.1, -0.05) is 178 Å². The van der Waals surface area contributed by atoms with Crippen molar-refractivity contribution in [2.24, 2.45) is 0 Å². The van der Waals surface area contributed by atoms with Crippen molar-refractivity contribution >= 4 is 44.9 Å². The van der Waals surface area contributed by atoms with Gasteiger partial charge in [0.1, 0.15) is 0 Å². The van der Waals surface area contributed by atoms with Gasteiger partial charge in [0.25, 0.3) is 0 Å². The Morgan fingerprint density at radius 3 is 1.22 bits per heavy atom. The second-order valence-electron chi connectivity index (χ2n) is 18.0. The maximum Gasteiger partial charge on any atom is 0.0726 e. The van der Waals surface area contributed by atoms with E-state index in [0.717, 1.165) is 28.4 Å². The molecule has 0 fully saturated rings. The monoisotopic (exact) mass is 816 g/mol. The zero-order valence-electron chi connectivity index (χ0n) is 35.8. The van der Waals surface area contributed by atoms with Gasteiger partial charge in [0.15, 0.2) is 0 Å². The maximum atomic E-state index is 2.49. The third-order valence-electron chi connectivity index (χ3n) is 14.4. The molecular weight excluding hydrogens is 773 g/mol. The summed E-state index contributed by atoms with van der Waals surface area (Å²) in [6.45, 7) is 4.79. The molecule has 3 aliphatic carbocycles. The van der Waals surface area contributed by atoms with Gasteiger partial charge in [-0.05, 0) is 139 Å². The van der Waals surface area contributed by atoms with Crippen molar-refractivity contribution in [3.8, 4) is 33.4 Å². The molecule has 0 radical (unpaired) electrons. The molecule has 0 bridgehead atoms. The van der Waals surface area contributed by atoms with Crippen LogP contribution in [0.1, 0.15) is 47.2 Å². The number of rotatable bonds is 6. The highest BCUT2D eigenvalue weighted by atomic mass is 15.1. The molecule has 0 heterocycles. The third kappa shape index (κ3) is 5.08. The molecule has 0 N–H and O–H groups in total. The fourth-order valence-corrected chi connectivity index (χ4v) is 11.6. The number of anilines is 6. The van der Waals surface area contributed by atoms with Gasteiger partial charge >= 0.3 is 0 Å². The lowest BCUT2D eigenvalue weighted by Crippen LogP contribution is -2.26. The van der Waals surface area contributed by atoms with Gasteiger partial charge in [-0.2, -0.15) is 0 Å². The van der Waals surface area contributed by atoms with Crippen LogP contribution in [0.4, 0.5) is 34.1 Å². The fraction of sp³-hybridized carbons (Fsp3) is 0.0645. The summed E-state index contributed by atoms with van der Waals surface area (Å²) in [6, 6.07) is 85.6. The second-order valence-corrected chi connectivity index (χ2v) is 18.0. The molecule has 0 aromatic heterocycles. The Kier molecular flexibility index (Phi) is 7.90. The van der Waals surface area contributed by atoms with Gasteiger partial charge < -0.3 is 9.80 Å². The summed E-state index contributed by atoms with van der Waals surface area (Å²) in [6.07, 6.45) is 0. The van der Waals surface area contributed by atoms with E-state index in [-0.39, 0.29) is 5.41 Å². The first-order valence-corrected chi connectivity index (χ1v) is 22.4. The smallest absolute Gasteiger partial charge is 0.0726 e. The number of para-hydroxylation sites is 2. The molecule has 10 aromatic carbocycles. The number of benzene rings is 10. The minimum atomic E-state index is -0.420. The van der Waals surface area contributed by atoms with Crippen LogP contribution in [-0.2, 0) is 10.8 Å². The molecule has 0 amide bonds. The lowest BCUT2D eigenvalue weighted by Gasteiger charge is -2.32.